The number of rotatable bonds is 8. The highest BCUT2D eigenvalue weighted by Crippen LogP contribution is 2.10. The van der Waals surface area contributed by atoms with E-state index in [9.17, 15) is 14.4 Å². The molecule has 0 unspecified atom stereocenters. The zero-order valence-electron chi connectivity index (χ0n) is 13.7. The molecular weight excluding hydrogens is 384 g/mol. The maximum atomic E-state index is 11.7. The monoisotopic (exact) mass is 398 g/mol. The number of carbonyl (C=O) groups is 3. The Bertz CT molecular complexity index is 781. The number of nitrogens with one attached hydrogen (secondary N) is 2. The summed E-state index contributed by atoms with van der Waals surface area (Å²) in [5.74, 6) is -0.338. The Kier molecular flexibility index (Phi) is 7.42. The number of nitrogens with zero attached hydrogens (tertiary/aromatic N) is 2. The lowest BCUT2D eigenvalue weighted by molar-refractivity contribution is -0.144. The number of aryl methyl sites for hydroxylation is 1. The minimum absolute atomic E-state index is 0.0297. The van der Waals surface area contributed by atoms with Crippen molar-refractivity contribution in [3.63, 3.8) is 0 Å². The third kappa shape index (κ3) is 7.11. The van der Waals surface area contributed by atoms with Crippen LogP contribution in [0.15, 0.2) is 28.9 Å². The van der Waals surface area contributed by atoms with Gasteiger partial charge in [-0.15, -0.1) is 11.8 Å². The molecule has 0 aliphatic rings. The van der Waals surface area contributed by atoms with Gasteiger partial charge in [0.05, 0.1) is 16.5 Å². The van der Waals surface area contributed by atoms with E-state index >= 15 is 0 Å². The molecule has 0 bridgehead atoms. The number of aromatic nitrogens is 2. The summed E-state index contributed by atoms with van der Waals surface area (Å²) < 4.78 is 9.63. The molecule has 2 aromatic rings. The average Bonchev–Trinajstić information content (AvgIpc) is 3.00. The molecule has 0 radical (unpaired) electrons. The van der Waals surface area contributed by atoms with Gasteiger partial charge in [0.1, 0.15) is 11.6 Å². The summed E-state index contributed by atoms with van der Waals surface area (Å²) in [6.07, 6.45) is 1.38. The van der Waals surface area contributed by atoms with Gasteiger partial charge in [0.15, 0.2) is 12.4 Å². The minimum Gasteiger partial charge on any atom is -0.455 e. The quantitative estimate of drug-likeness (QED) is 0.646. The van der Waals surface area contributed by atoms with Crippen molar-refractivity contribution in [1.82, 2.24) is 10.1 Å². The summed E-state index contributed by atoms with van der Waals surface area (Å²) in [6.45, 7) is 1.25. The maximum absolute atomic E-state index is 11.7. The number of anilines is 2. The lowest BCUT2D eigenvalue weighted by Crippen LogP contribution is -2.22. The molecule has 0 aliphatic heterocycles. The van der Waals surface area contributed by atoms with Gasteiger partial charge in [0, 0.05) is 12.3 Å². The second kappa shape index (κ2) is 9.78. The van der Waals surface area contributed by atoms with Crippen LogP contribution in [0.2, 0.25) is 5.02 Å². The molecule has 9 nitrogen and oxygen atoms in total. The minimum atomic E-state index is -0.612. The molecule has 11 heteroatoms. The van der Waals surface area contributed by atoms with E-state index in [2.05, 4.69) is 20.8 Å². The van der Waals surface area contributed by atoms with Crippen LogP contribution in [0.5, 0.6) is 0 Å². The van der Waals surface area contributed by atoms with Crippen molar-refractivity contribution >= 4 is 52.8 Å². The second-order valence-corrected chi connectivity index (χ2v) is 6.36. The van der Waals surface area contributed by atoms with Crippen LogP contribution in [0.25, 0.3) is 0 Å². The Morgan fingerprint density at radius 3 is 2.62 bits per heavy atom. The molecule has 138 valence electrons. The van der Waals surface area contributed by atoms with E-state index in [0.29, 0.717) is 22.4 Å². The van der Waals surface area contributed by atoms with Gasteiger partial charge in [-0.1, -0.05) is 16.8 Å². The predicted molar refractivity (Wildman–Crippen MR) is 96.0 cm³/mol. The van der Waals surface area contributed by atoms with Gasteiger partial charge in [0.25, 0.3) is 5.91 Å². The van der Waals surface area contributed by atoms with Crippen LogP contribution in [0.3, 0.4) is 0 Å². The Hall–Kier alpha value is -2.59. The fraction of sp³-hybridized carbons (Fsp3) is 0.267. The summed E-state index contributed by atoms with van der Waals surface area (Å²) in [5.41, 5.74) is 0. The van der Waals surface area contributed by atoms with E-state index in [4.69, 9.17) is 20.9 Å². The largest absolute Gasteiger partial charge is 0.455 e. The van der Waals surface area contributed by atoms with Crippen molar-refractivity contribution in [2.45, 2.75) is 6.92 Å². The molecule has 0 atom stereocenters. The smallest absolute Gasteiger partial charge is 0.316 e. The highest BCUT2D eigenvalue weighted by molar-refractivity contribution is 8.00. The second-order valence-electron chi connectivity index (χ2n) is 4.93. The van der Waals surface area contributed by atoms with Crippen LogP contribution in [-0.2, 0) is 19.1 Å². The zero-order chi connectivity index (χ0) is 18.9. The first-order valence-corrected chi connectivity index (χ1v) is 8.83. The maximum Gasteiger partial charge on any atom is 0.316 e. The molecule has 2 aromatic heterocycles. The summed E-state index contributed by atoms with van der Waals surface area (Å²) in [4.78, 5) is 38.7. The highest BCUT2D eigenvalue weighted by atomic mass is 35.5. The Morgan fingerprint density at radius 2 is 1.96 bits per heavy atom. The highest BCUT2D eigenvalue weighted by Gasteiger charge is 2.11. The molecule has 2 rings (SSSR count). The Balaban J connectivity index is 1.60. The van der Waals surface area contributed by atoms with Gasteiger partial charge in [-0.2, -0.15) is 0 Å². The third-order valence-corrected chi connectivity index (χ3v) is 3.84. The van der Waals surface area contributed by atoms with E-state index in [1.54, 1.807) is 19.1 Å². The molecule has 0 spiro atoms. The first kappa shape index (κ1) is 19.7. The Labute approximate surface area is 157 Å². The van der Waals surface area contributed by atoms with Crippen molar-refractivity contribution in [2.24, 2.45) is 0 Å². The van der Waals surface area contributed by atoms with E-state index in [0.717, 1.165) is 11.8 Å². The van der Waals surface area contributed by atoms with Gasteiger partial charge in [-0.25, -0.2) is 4.98 Å². The SMILES string of the molecule is Cc1cc(NC(=O)CSCC(=O)OCC(=O)Nc2ccc(Cl)cn2)no1. The van der Waals surface area contributed by atoms with E-state index in [-0.39, 0.29) is 17.4 Å². The molecule has 2 amide bonds. The van der Waals surface area contributed by atoms with Crippen molar-refractivity contribution in [3.05, 3.63) is 35.2 Å². The molecule has 0 saturated carbocycles. The first-order chi connectivity index (χ1) is 12.4. The van der Waals surface area contributed by atoms with Gasteiger partial charge in [-0.3, -0.25) is 14.4 Å². The number of ether oxygens (including phenoxy) is 1. The fourth-order valence-electron chi connectivity index (χ4n) is 1.65. The number of amides is 2. The van der Waals surface area contributed by atoms with Crippen LogP contribution in [0, 0.1) is 6.92 Å². The first-order valence-electron chi connectivity index (χ1n) is 7.30. The van der Waals surface area contributed by atoms with Crippen molar-refractivity contribution < 1.29 is 23.6 Å². The lowest BCUT2D eigenvalue weighted by atomic mass is 10.4. The van der Waals surface area contributed by atoms with Gasteiger partial charge < -0.3 is 19.9 Å². The predicted octanol–water partition coefficient (Wildman–Crippen LogP) is 1.89. The average molecular weight is 399 g/mol. The van der Waals surface area contributed by atoms with Crippen LogP contribution in [0.4, 0.5) is 11.6 Å². The number of hydrogen-bond donors (Lipinski definition) is 2. The lowest BCUT2D eigenvalue weighted by Gasteiger charge is -2.06. The molecule has 2 heterocycles. The van der Waals surface area contributed by atoms with Crippen molar-refractivity contribution in [1.29, 1.82) is 0 Å². The third-order valence-electron chi connectivity index (χ3n) is 2.71. The van der Waals surface area contributed by atoms with Crippen LogP contribution in [-0.4, -0.2) is 46.0 Å². The van der Waals surface area contributed by atoms with Crippen LogP contribution < -0.4 is 10.6 Å². The molecule has 0 fully saturated rings. The normalized spacial score (nSPS) is 10.2. The molecule has 0 aromatic carbocycles. The molecule has 0 aliphatic carbocycles. The summed E-state index contributed by atoms with van der Waals surface area (Å²) in [6, 6.07) is 4.66. The number of thioether (sulfide) groups is 1. The van der Waals surface area contributed by atoms with E-state index in [1.807, 2.05) is 0 Å². The Morgan fingerprint density at radius 1 is 1.19 bits per heavy atom. The van der Waals surface area contributed by atoms with Crippen LogP contribution >= 0.6 is 23.4 Å². The van der Waals surface area contributed by atoms with Gasteiger partial charge in [-0.05, 0) is 19.1 Å². The summed E-state index contributed by atoms with van der Waals surface area (Å²) in [7, 11) is 0. The standard InChI is InChI=1S/C15H15ClN4O5S/c1-9-4-12(20-25-9)19-14(22)7-26-8-15(23)24-6-13(21)18-11-3-2-10(16)5-17-11/h2-5H,6-8H2,1H3,(H,17,18,21)(H,19,20,22). The topological polar surface area (TPSA) is 123 Å². The summed E-state index contributed by atoms with van der Waals surface area (Å²) in [5, 5.41) is 9.04. The van der Waals surface area contributed by atoms with E-state index in [1.165, 1.54) is 12.3 Å². The fourth-order valence-corrected chi connectivity index (χ4v) is 2.37. The number of hydrogen-bond acceptors (Lipinski definition) is 8. The van der Waals surface area contributed by atoms with Crippen molar-refractivity contribution in [3.8, 4) is 0 Å². The van der Waals surface area contributed by atoms with Gasteiger partial charge in [0.2, 0.25) is 5.91 Å². The van der Waals surface area contributed by atoms with E-state index < -0.39 is 18.5 Å². The van der Waals surface area contributed by atoms with Crippen LogP contribution in [0.1, 0.15) is 5.76 Å². The molecule has 0 saturated heterocycles. The molecule has 2 N–H and O–H groups in total. The van der Waals surface area contributed by atoms with Crippen molar-refractivity contribution in [2.75, 3.05) is 28.7 Å². The summed E-state index contributed by atoms with van der Waals surface area (Å²) >= 11 is 6.73. The number of carbonyl (C=O) groups excluding carboxylic acids is 3. The number of halogens is 1. The van der Waals surface area contributed by atoms with Gasteiger partial charge >= 0.3 is 5.97 Å². The number of pyridine rings is 1. The molecule has 26 heavy (non-hydrogen) atoms. The number of esters is 1. The zero-order valence-corrected chi connectivity index (χ0v) is 15.2. The molecular formula is C15H15ClN4O5S.